The van der Waals surface area contributed by atoms with Crippen LogP contribution in [0.25, 0.3) is 17.1 Å². The zero-order chi connectivity index (χ0) is 15.5. The van der Waals surface area contributed by atoms with E-state index in [0.29, 0.717) is 23.6 Å². The highest BCUT2D eigenvalue weighted by Gasteiger charge is 2.22. The third-order valence-electron chi connectivity index (χ3n) is 3.09. The smallest absolute Gasteiger partial charge is 0.342 e. The number of ether oxygens (including phenoxy) is 1. The Morgan fingerprint density at radius 3 is 2.73 bits per heavy atom. The van der Waals surface area contributed by atoms with Crippen molar-refractivity contribution >= 4 is 21.9 Å². The number of nitrogens with zero attached hydrogens (tertiary/aromatic N) is 2. The molecule has 0 amide bonds. The van der Waals surface area contributed by atoms with E-state index in [-0.39, 0.29) is 0 Å². The fourth-order valence-corrected chi connectivity index (χ4v) is 2.40. The minimum absolute atomic E-state index is 0.305. The van der Waals surface area contributed by atoms with Crippen LogP contribution in [-0.2, 0) is 4.74 Å². The maximum absolute atomic E-state index is 12.1. The lowest BCUT2D eigenvalue weighted by Gasteiger charge is -2.07. The number of halogens is 1. The van der Waals surface area contributed by atoms with Crippen LogP contribution in [0.5, 0.6) is 0 Å². The van der Waals surface area contributed by atoms with Crippen LogP contribution in [0.3, 0.4) is 0 Å². The summed E-state index contributed by atoms with van der Waals surface area (Å²) in [6, 6.07) is 11.2. The van der Waals surface area contributed by atoms with Crippen LogP contribution in [0.4, 0.5) is 0 Å². The molecule has 5 nitrogen and oxygen atoms in total. The van der Waals surface area contributed by atoms with E-state index in [2.05, 4.69) is 21.0 Å². The summed E-state index contributed by atoms with van der Waals surface area (Å²) in [5.41, 5.74) is 1.77. The number of hydrogen-bond acceptors (Lipinski definition) is 4. The maximum Gasteiger partial charge on any atom is 0.342 e. The maximum atomic E-state index is 12.1. The summed E-state index contributed by atoms with van der Waals surface area (Å²) in [5, 5.41) is 4.32. The van der Waals surface area contributed by atoms with Crippen LogP contribution in [-0.4, -0.2) is 22.4 Å². The molecule has 0 bridgehead atoms. The summed E-state index contributed by atoms with van der Waals surface area (Å²) < 4.78 is 13.2. The molecule has 0 N–H and O–H groups in total. The van der Waals surface area contributed by atoms with Gasteiger partial charge in [-0.05, 0) is 43.3 Å². The van der Waals surface area contributed by atoms with Gasteiger partial charge in [-0.25, -0.2) is 9.48 Å². The average molecular weight is 361 g/mol. The van der Waals surface area contributed by atoms with Gasteiger partial charge in [-0.15, -0.1) is 0 Å². The van der Waals surface area contributed by atoms with Gasteiger partial charge in [0.05, 0.1) is 24.8 Å². The zero-order valence-corrected chi connectivity index (χ0v) is 13.4. The van der Waals surface area contributed by atoms with Gasteiger partial charge in [0.2, 0.25) is 0 Å². The largest absolute Gasteiger partial charge is 0.463 e. The van der Waals surface area contributed by atoms with Crippen molar-refractivity contribution in [2.75, 3.05) is 6.61 Å². The lowest BCUT2D eigenvalue weighted by molar-refractivity contribution is 0.0527. The van der Waals surface area contributed by atoms with Crippen LogP contribution in [0.15, 0.2) is 57.7 Å². The lowest BCUT2D eigenvalue weighted by Crippen LogP contribution is -2.06. The average Bonchev–Trinajstić information content (AvgIpc) is 3.17. The number of carbonyl (C=O) groups excluding carboxylic acids is 1. The fraction of sp³-hybridized carbons (Fsp3) is 0.125. The van der Waals surface area contributed by atoms with Crippen LogP contribution in [0, 0.1) is 0 Å². The molecule has 2 aromatic heterocycles. The topological polar surface area (TPSA) is 57.3 Å². The van der Waals surface area contributed by atoms with Gasteiger partial charge >= 0.3 is 5.97 Å². The Hall–Kier alpha value is -2.34. The summed E-state index contributed by atoms with van der Waals surface area (Å²) in [5.74, 6) is 0.140. The third-order valence-corrected chi connectivity index (χ3v) is 3.62. The lowest BCUT2D eigenvalue weighted by atomic mass is 10.2. The van der Waals surface area contributed by atoms with Gasteiger partial charge in [0.25, 0.3) is 0 Å². The molecule has 2 heterocycles. The molecule has 3 rings (SSSR count). The highest BCUT2D eigenvalue weighted by atomic mass is 79.9. The summed E-state index contributed by atoms with van der Waals surface area (Å²) in [4.78, 5) is 12.1. The molecule has 0 radical (unpaired) electrons. The second kappa shape index (κ2) is 6.19. The predicted octanol–water partition coefficient (Wildman–Crippen LogP) is 4.07. The van der Waals surface area contributed by atoms with Crippen molar-refractivity contribution in [1.82, 2.24) is 9.78 Å². The molecule has 0 aliphatic rings. The Morgan fingerprint density at radius 1 is 1.32 bits per heavy atom. The van der Waals surface area contributed by atoms with Crippen LogP contribution in [0.1, 0.15) is 17.3 Å². The van der Waals surface area contributed by atoms with E-state index in [1.165, 1.54) is 6.20 Å². The van der Waals surface area contributed by atoms with Crippen molar-refractivity contribution in [2.45, 2.75) is 6.92 Å². The Balaban J connectivity index is 2.15. The third kappa shape index (κ3) is 2.69. The van der Waals surface area contributed by atoms with Gasteiger partial charge < -0.3 is 9.15 Å². The normalized spacial score (nSPS) is 10.6. The Bertz CT molecular complexity index is 776. The molecule has 112 valence electrons. The molecule has 1 aromatic carbocycles. The Kier molecular flexibility index (Phi) is 4.11. The quantitative estimate of drug-likeness (QED) is 0.658. The van der Waals surface area contributed by atoms with E-state index in [1.54, 1.807) is 30.0 Å². The molecule has 0 spiro atoms. The Morgan fingerprint density at radius 2 is 2.09 bits per heavy atom. The van der Waals surface area contributed by atoms with Crippen molar-refractivity contribution in [3.63, 3.8) is 0 Å². The standard InChI is InChI=1S/C16H13BrN2O3/c1-2-21-16(20)13-10-18-19(12-7-5-11(17)6-8-12)15(13)14-4-3-9-22-14/h3-10H,2H2,1H3. The van der Waals surface area contributed by atoms with Crippen LogP contribution in [0.2, 0.25) is 0 Å². The highest BCUT2D eigenvalue weighted by Crippen LogP contribution is 2.28. The number of hydrogen-bond donors (Lipinski definition) is 0. The summed E-state index contributed by atoms with van der Waals surface area (Å²) >= 11 is 3.40. The summed E-state index contributed by atoms with van der Waals surface area (Å²) in [6.45, 7) is 2.07. The van der Waals surface area contributed by atoms with E-state index in [4.69, 9.17) is 9.15 Å². The molecule has 3 aromatic rings. The molecule has 0 saturated carbocycles. The molecule has 6 heteroatoms. The number of furan rings is 1. The van der Waals surface area contributed by atoms with Crippen molar-refractivity contribution in [3.8, 4) is 17.1 Å². The second-order valence-electron chi connectivity index (χ2n) is 4.49. The summed E-state index contributed by atoms with van der Waals surface area (Å²) in [6.07, 6.45) is 3.06. The Labute approximate surface area is 135 Å². The monoisotopic (exact) mass is 360 g/mol. The number of carbonyl (C=O) groups is 1. The van der Waals surface area contributed by atoms with E-state index < -0.39 is 5.97 Å². The minimum Gasteiger partial charge on any atom is -0.463 e. The fourth-order valence-electron chi connectivity index (χ4n) is 2.14. The van der Waals surface area contributed by atoms with E-state index in [1.807, 2.05) is 24.3 Å². The van der Waals surface area contributed by atoms with Gasteiger partial charge in [0, 0.05) is 4.47 Å². The number of rotatable bonds is 4. The molecule has 22 heavy (non-hydrogen) atoms. The van der Waals surface area contributed by atoms with Crippen molar-refractivity contribution < 1.29 is 13.9 Å². The van der Waals surface area contributed by atoms with Crippen molar-refractivity contribution in [2.24, 2.45) is 0 Å². The minimum atomic E-state index is -0.419. The first-order valence-corrected chi connectivity index (χ1v) is 7.55. The van der Waals surface area contributed by atoms with Gasteiger partial charge in [0.15, 0.2) is 5.76 Å². The number of esters is 1. The SMILES string of the molecule is CCOC(=O)c1cnn(-c2ccc(Br)cc2)c1-c1ccco1. The van der Waals surface area contributed by atoms with Crippen molar-refractivity contribution in [1.29, 1.82) is 0 Å². The molecule has 0 aliphatic heterocycles. The predicted molar refractivity (Wildman–Crippen MR) is 84.9 cm³/mol. The molecule has 0 fully saturated rings. The van der Waals surface area contributed by atoms with Crippen molar-refractivity contribution in [3.05, 3.63) is 58.9 Å². The van der Waals surface area contributed by atoms with E-state index >= 15 is 0 Å². The van der Waals surface area contributed by atoms with E-state index in [9.17, 15) is 4.79 Å². The molecular weight excluding hydrogens is 348 g/mol. The molecular formula is C16H13BrN2O3. The second-order valence-corrected chi connectivity index (χ2v) is 5.41. The van der Waals surface area contributed by atoms with Gasteiger partial charge in [-0.2, -0.15) is 5.10 Å². The zero-order valence-electron chi connectivity index (χ0n) is 11.8. The van der Waals surface area contributed by atoms with Gasteiger partial charge in [-0.1, -0.05) is 15.9 Å². The van der Waals surface area contributed by atoms with Crippen LogP contribution >= 0.6 is 15.9 Å². The first-order valence-electron chi connectivity index (χ1n) is 6.75. The first-order chi connectivity index (χ1) is 10.7. The molecule has 0 saturated heterocycles. The number of benzene rings is 1. The van der Waals surface area contributed by atoms with E-state index in [0.717, 1.165) is 10.2 Å². The molecule has 0 aliphatic carbocycles. The molecule has 0 atom stereocenters. The van der Waals surface area contributed by atoms with Gasteiger partial charge in [-0.3, -0.25) is 0 Å². The van der Waals surface area contributed by atoms with Gasteiger partial charge in [0.1, 0.15) is 11.3 Å². The first kappa shape index (κ1) is 14.6. The molecule has 0 unspecified atom stereocenters. The highest BCUT2D eigenvalue weighted by molar-refractivity contribution is 9.10. The number of aromatic nitrogens is 2. The summed E-state index contributed by atoms with van der Waals surface area (Å²) in [7, 11) is 0. The van der Waals surface area contributed by atoms with Crippen LogP contribution < -0.4 is 0 Å².